The van der Waals surface area contributed by atoms with Crippen molar-refractivity contribution in [2.24, 2.45) is 0 Å². The first-order chi connectivity index (χ1) is 9.86. The van der Waals surface area contributed by atoms with E-state index in [2.05, 4.69) is 48.6 Å². The lowest BCUT2D eigenvalue weighted by molar-refractivity contribution is 0.415. The first kappa shape index (κ1) is 11.5. The average molecular weight is 260 g/mol. The molecule has 1 atom stereocenters. The Morgan fingerprint density at radius 1 is 0.950 bits per heavy atom. The van der Waals surface area contributed by atoms with Crippen molar-refractivity contribution >= 4 is 11.1 Å². The number of allylic oxidation sites excluding steroid dienone is 4. The summed E-state index contributed by atoms with van der Waals surface area (Å²) >= 11 is 0. The molecule has 20 heavy (non-hydrogen) atoms. The van der Waals surface area contributed by atoms with Crippen molar-refractivity contribution in [2.45, 2.75) is 12.3 Å². The number of hydrogen-bond donors (Lipinski definition) is 0. The Bertz CT molecular complexity index is 720. The normalized spacial score (nSPS) is 19.1. The molecule has 0 amide bonds. The van der Waals surface area contributed by atoms with E-state index in [1.807, 2.05) is 12.1 Å². The van der Waals surface area contributed by atoms with Crippen LogP contribution in [0.5, 0.6) is 5.75 Å². The molecule has 4 rings (SSSR count). The number of ether oxygens (including phenoxy) is 1. The first-order valence-corrected chi connectivity index (χ1v) is 7.01. The first-order valence-electron chi connectivity index (χ1n) is 7.01. The third-order valence-electron chi connectivity index (χ3n) is 4.37. The van der Waals surface area contributed by atoms with Crippen LogP contribution in [0.25, 0.3) is 11.1 Å². The fourth-order valence-electron chi connectivity index (χ4n) is 3.26. The summed E-state index contributed by atoms with van der Waals surface area (Å²) in [5.74, 6) is 1.50. The fraction of sp³-hybridized carbons (Fsp3) is 0.158. The van der Waals surface area contributed by atoms with E-state index >= 15 is 0 Å². The molecular formula is C19H16O. The summed E-state index contributed by atoms with van der Waals surface area (Å²) in [7, 11) is 1.70. The van der Waals surface area contributed by atoms with Gasteiger partial charge in [0.2, 0.25) is 0 Å². The highest BCUT2D eigenvalue weighted by Gasteiger charge is 2.33. The molecule has 1 heteroatoms. The molecular weight excluding hydrogens is 244 g/mol. The van der Waals surface area contributed by atoms with E-state index in [1.165, 1.54) is 27.8 Å². The number of rotatable bonds is 2. The zero-order chi connectivity index (χ0) is 13.5. The second-order valence-electron chi connectivity index (χ2n) is 5.39. The van der Waals surface area contributed by atoms with Gasteiger partial charge in [-0.2, -0.15) is 0 Å². The van der Waals surface area contributed by atoms with Crippen LogP contribution in [-0.4, -0.2) is 7.11 Å². The molecule has 1 nitrogen and oxygen atoms in total. The predicted octanol–water partition coefficient (Wildman–Crippen LogP) is 4.66. The van der Waals surface area contributed by atoms with Crippen molar-refractivity contribution < 1.29 is 4.74 Å². The molecule has 2 aliphatic rings. The Labute approximate surface area is 119 Å². The number of benzene rings is 2. The van der Waals surface area contributed by atoms with Gasteiger partial charge in [-0.15, -0.1) is 0 Å². The number of fused-ring (bicyclic) bond motifs is 4. The fourth-order valence-corrected chi connectivity index (χ4v) is 3.26. The quantitative estimate of drug-likeness (QED) is 0.763. The minimum atomic E-state index is 0.591. The molecule has 0 saturated carbocycles. The molecule has 2 aliphatic carbocycles. The molecule has 2 aromatic carbocycles. The maximum atomic E-state index is 5.22. The summed E-state index contributed by atoms with van der Waals surface area (Å²) in [5, 5.41) is 0. The van der Waals surface area contributed by atoms with Gasteiger partial charge in [-0.25, -0.2) is 0 Å². The molecule has 0 saturated heterocycles. The summed E-state index contributed by atoms with van der Waals surface area (Å²) in [5.41, 5.74) is 7.14. The van der Waals surface area contributed by atoms with Gasteiger partial charge >= 0.3 is 0 Å². The van der Waals surface area contributed by atoms with Gasteiger partial charge in [0, 0.05) is 5.92 Å². The van der Waals surface area contributed by atoms with Crippen LogP contribution < -0.4 is 4.74 Å². The summed E-state index contributed by atoms with van der Waals surface area (Å²) in [6, 6.07) is 17.1. The molecule has 0 fully saturated rings. The maximum Gasteiger partial charge on any atom is 0.118 e. The van der Waals surface area contributed by atoms with Crippen molar-refractivity contribution in [2.75, 3.05) is 7.11 Å². The van der Waals surface area contributed by atoms with Crippen molar-refractivity contribution in [3.63, 3.8) is 0 Å². The van der Waals surface area contributed by atoms with E-state index in [0.717, 1.165) is 12.2 Å². The van der Waals surface area contributed by atoms with Gasteiger partial charge in [0.15, 0.2) is 0 Å². The summed E-state index contributed by atoms with van der Waals surface area (Å²) in [4.78, 5) is 0. The Kier molecular flexibility index (Phi) is 2.53. The lowest BCUT2D eigenvalue weighted by atomic mass is 9.67. The topological polar surface area (TPSA) is 9.23 Å². The van der Waals surface area contributed by atoms with Crippen LogP contribution in [0.3, 0.4) is 0 Å². The monoisotopic (exact) mass is 260 g/mol. The predicted molar refractivity (Wildman–Crippen MR) is 82.7 cm³/mol. The Balaban J connectivity index is 1.67. The van der Waals surface area contributed by atoms with Gasteiger partial charge in [0.1, 0.15) is 5.75 Å². The van der Waals surface area contributed by atoms with Crippen molar-refractivity contribution in [3.05, 3.63) is 77.4 Å². The van der Waals surface area contributed by atoms with Gasteiger partial charge in [-0.1, -0.05) is 48.6 Å². The van der Waals surface area contributed by atoms with Crippen LogP contribution in [0.1, 0.15) is 29.0 Å². The number of methoxy groups -OCH3 is 1. The zero-order valence-electron chi connectivity index (χ0n) is 11.5. The molecule has 0 aromatic heterocycles. The smallest absolute Gasteiger partial charge is 0.118 e. The van der Waals surface area contributed by atoms with Crippen molar-refractivity contribution in [1.29, 1.82) is 0 Å². The van der Waals surface area contributed by atoms with Gasteiger partial charge in [-0.05, 0) is 46.4 Å². The van der Waals surface area contributed by atoms with E-state index in [-0.39, 0.29) is 0 Å². The number of hydrogen-bond acceptors (Lipinski definition) is 1. The Morgan fingerprint density at radius 3 is 2.55 bits per heavy atom. The molecule has 1 unspecified atom stereocenters. The molecule has 0 radical (unpaired) electrons. The largest absolute Gasteiger partial charge is 0.497 e. The third kappa shape index (κ3) is 1.63. The molecule has 0 bridgehead atoms. The van der Waals surface area contributed by atoms with Crippen LogP contribution in [0.4, 0.5) is 0 Å². The second-order valence-corrected chi connectivity index (χ2v) is 5.39. The van der Waals surface area contributed by atoms with Gasteiger partial charge in [0.05, 0.1) is 7.11 Å². The molecule has 0 aliphatic heterocycles. The summed E-state index contributed by atoms with van der Waals surface area (Å²) in [6.45, 7) is 0. The summed E-state index contributed by atoms with van der Waals surface area (Å²) < 4.78 is 5.22. The van der Waals surface area contributed by atoms with Crippen LogP contribution >= 0.6 is 0 Å². The average Bonchev–Trinajstić information content (AvgIpc) is 2.52. The van der Waals surface area contributed by atoms with Crippen molar-refractivity contribution in [3.8, 4) is 5.75 Å². The minimum absolute atomic E-state index is 0.591. The summed E-state index contributed by atoms with van der Waals surface area (Å²) in [6.07, 6.45) is 5.66. The van der Waals surface area contributed by atoms with Gasteiger partial charge < -0.3 is 4.74 Å². The Hall–Kier alpha value is -2.28. The molecule has 98 valence electrons. The van der Waals surface area contributed by atoms with E-state index in [1.54, 1.807) is 7.11 Å². The molecule has 0 heterocycles. The molecule has 0 spiro atoms. The zero-order valence-corrected chi connectivity index (χ0v) is 11.5. The lowest BCUT2D eigenvalue weighted by Gasteiger charge is -2.36. The van der Waals surface area contributed by atoms with Crippen LogP contribution in [0, 0.1) is 0 Å². The maximum absolute atomic E-state index is 5.22. The molecule has 2 aromatic rings. The second kappa shape index (κ2) is 4.38. The van der Waals surface area contributed by atoms with E-state index in [0.29, 0.717) is 5.92 Å². The van der Waals surface area contributed by atoms with Crippen LogP contribution in [0.15, 0.2) is 60.7 Å². The third-order valence-corrected chi connectivity index (χ3v) is 4.37. The van der Waals surface area contributed by atoms with Crippen molar-refractivity contribution in [1.82, 2.24) is 0 Å². The van der Waals surface area contributed by atoms with E-state index in [4.69, 9.17) is 4.74 Å². The minimum Gasteiger partial charge on any atom is -0.497 e. The molecule has 0 N–H and O–H groups in total. The van der Waals surface area contributed by atoms with Gasteiger partial charge in [0.25, 0.3) is 0 Å². The van der Waals surface area contributed by atoms with Crippen LogP contribution in [-0.2, 0) is 0 Å². The standard InChI is InChI=1S/C19H16O/c1-20-15-9-6-13(7-10-15)14-8-11-18-16-4-2-3-5-17(16)19(18)12-14/h2-11,19H,12H2,1H3. The van der Waals surface area contributed by atoms with E-state index < -0.39 is 0 Å². The SMILES string of the molecule is COc1ccc(C2=CC=C3c4ccccc4C3C2)cc1. The van der Waals surface area contributed by atoms with E-state index in [9.17, 15) is 0 Å². The highest BCUT2D eigenvalue weighted by Crippen LogP contribution is 2.52. The Morgan fingerprint density at radius 2 is 1.75 bits per heavy atom. The highest BCUT2D eigenvalue weighted by molar-refractivity contribution is 5.90. The van der Waals surface area contributed by atoms with Crippen LogP contribution in [0.2, 0.25) is 0 Å². The highest BCUT2D eigenvalue weighted by atomic mass is 16.5. The van der Waals surface area contributed by atoms with Gasteiger partial charge in [-0.3, -0.25) is 0 Å². The lowest BCUT2D eigenvalue weighted by Crippen LogP contribution is -2.18.